The van der Waals surface area contributed by atoms with E-state index in [-0.39, 0.29) is 59.3 Å². The fourth-order valence-electron chi connectivity index (χ4n) is 9.44. The largest absolute Gasteiger partial charge is 0.459 e. The molecule has 3 aliphatic heterocycles. The molecule has 0 aromatic carbocycles. The van der Waals surface area contributed by atoms with Crippen LogP contribution < -0.4 is 0 Å². The van der Waals surface area contributed by atoms with Crippen molar-refractivity contribution >= 4 is 11.8 Å². The van der Waals surface area contributed by atoms with Crippen LogP contribution in [0.15, 0.2) is 23.8 Å². The number of fused-ring (bicyclic) bond motifs is 4. The summed E-state index contributed by atoms with van der Waals surface area (Å²) in [7, 11) is 0. The maximum absolute atomic E-state index is 13.3. The van der Waals surface area contributed by atoms with Crippen LogP contribution in [0.5, 0.6) is 0 Å². The van der Waals surface area contributed by atoms with Gasteiger partial charge in [0.05, 0.1) is 29.1 Å². The van der Waals surface area contributed by atoms with Crippen molar-refractivity contribution in [2.24, 2.45) is 46.8 Å². The Morgan fingerprint density at radius 2 is 1.82 bits per heavy atom. The van der Waals surface area contributed by atoms with Gasteiger partial charge in [-0.3, -0.25) is 9.59 Å². The molecule has 3 saturated carbocycles. The van der Waals surface area contributed by atoms with Crippen molar-refractivity contribution in [1.82, 2.24) is 0 Å². The predicted molar refractivity (Wildman–Crippen MR) is 119 cm³/mol. The molecule has 0 radical (unpaired) electrons. The molecule has 0 aromatic rings. The highest BCUT2D eigenvalue weighted by Crippen LogP contribution is 2.72. The van der Waals surface area contributed by atoms with Crippen molar-refractivity contribution in [3.05, 3.63) is 23.8 Å². The maximum atomic E-state index is 13.3. The second kappa shape index (κ2) is 6.41. The van der Waals surface area contributed by atoms with Crippen LogP contribution in [0.25, 0.3) is 0 Å². The molecule has 34 heavy (non-hydrogen) atoms. The van der Waals surface area contributed by atoms with Crippen molar-refractivity contribution in [1.29, 1.82) is 0 Å². The fourth-order valence-corrected chi connectivity index (χ4v) is 9.44. The summed E-state index contributed by atoms with van der Waals surface area (Å²) < 4.78 is 19.2. The summed E-state index contributed by atoms with van der Waals surface area (Å²) in [4.78, 5) is 25.7. The highest BCUT2D eigenvalue weighted by Gasteiger charge is 2.79. The highest BCUT2D eigenvalue weighted by atomic mass is 16.7. The Morgan fingerprint density at radius 1 is 1.06 bits per heavy atom. The first-order valence-corrected chi connectivity index (χ1v) is 12.9. The average molecular weight is 471 g/mol. The molecule has 3 saturated heterocycles. The maximum Gasteiger partial charge on any atom is 0.309 e. The molecule has 6 fully saturated rings. The van der Waals surface area contributed by atoms with Gasteiger partial charge in [-0.05, 0) is 56.1 Å². The SMILES string of the molecule is C[C@H]1[C@H]([C@H]2OC34C[C@H]5[C@@H](C[C@H](O)C6=CC=CC(=O)[C@@]65C)[C@@H]5C[C@H](O3)[C@@H]([C@@H]54)[C@@]2(C)O)OC(=O)[C@@H]1C. The third-order valence-electron chi connectivity index (χ3n) is 11.2. The first-order valence-electron chi connectivity index (χ1n) is 12.9. The molecule has 3 heterocycles. The van der Waals surface area contributed by atoms with Crippen molar-refractivity contribution in [2.45, 2.75) is 82.8 Å². The third kappa shape index (κ3) is 2.29. The Hall–Kier alpha value is -1.54. The van der Waals surface area contributed by atoms with E-state index in [0.717, 1.165) is 12.0 Å². The van der Waals surface area contributed by atoms with Gasteiger partial charge in [0, 0.05) is 24.2 Å². The monoisotopic (exact) mass is 470 g/mol. The molecule has 7 aliphatic rings. The second-order valence-electron chi connectivity index (χ2n) is 12.5. The number of ketones is 1. The standard InChI is InChI=1S/C27H34O7/c1-11-12(2)24(30)32-22(11)23-26(4,31)21-18-9-14-13-8-17(28)15-6-5-7-19(29)25(15,3)16(13)10-27(33-18,34-23)20(14)21/h5-7,11-14,16-18,20-23,28,31H,8-10H2,1-4H3/t11-,12-,13+,14+,16+,17+,18+,20-,21+,22-,23-,25+,26-,27?/m1/s1. The molecule has 4 bridgehead atoms. The molecule has 7 nitrogen and oxygen atoms in total. The lowest BCUT2D eigenvalue weighted by Crippen LogP contribution is -2.69. The number of allylic oxidation sites excluding steroid dienone is 3. The lowest BCUT2D eigenvalue weighted by Gasteiger charge is -2.62. The van der Waals surface area contributed by atoms with Crippen LogP contribution in [-0.4, -0.2) is 57.8 Å². The smallest absolute Gasteiger partial charge is 0.309 e. The number of hydrogen-bond donors (Lipinski definition) is 2. The van der Waals surface area contributed by atoms with Crippen LogP contribution in [0.4, 0.5) is 0 Å². The Balaban J connectivity index is 1.31. The van der Waals surface area contributed by atoms with Gasteiger partial charge < -0.3 is 24.4 Å². The number of hydrogen-bond acceptors (Lipinski definition) is 7. The van der Waals surface area contributed by atoms with Gasteiger partial charge in [0.2, 0.25) is 0 Å². The van der Waals surface area contributed by atoms with Gasteiger partial charge in [0.15, 0.2) is 11.6 Å². The van der Waals surface area contributed by atoms with Gasteiger partial charge in [-0.15, -0.1) is 0 Å². The lowest BCUT2D eigenvalue weighted by atomic mass is 9.47. The van der Waals surface area contributed by atoms with E-state index in [2.05, 4.69) is 0 Å². The number of aliphatic hydroxyl groups is 2. The Morgan fingerprint density at radius 3 is 2.53 bits per heavy atom. The molecule has 184 valence electrons. The summed E-state index contributed by atoms with van der Waals surface area (Å²) >= 11 is 0. The summed E-state index contributed by atoms with van der Waals surface area (Å²) in [5.41, 5.74) is -1.19. The quantitative estimate of drug-likeness (QED) is 0.566. The van der Waals surface area contributed by atoms with Crippen molar-refractivity contribution < 1.29 is 34.0 Å². The zero-order valence-electron chi connectivity index (χ0n) is 20.1. The van der Waals surface area contributed by atoms with Crippen LogP contribution in [0.1, 0.15) is 47.0 Å². The summed E-state index contributed by atoms with van der Waals surface area (Å²) in [6.45, 7) is 7.64. The number of carbonyl (C=O) groups excluding carboxylic acids is 2. The van der Waals surface area contributed by atoms with Gasteiger partial charge in [-0.2, -0.15) is 0 Å². The molecule has 4 aliphatic carbocycles. The Kier molecular flexibility index (Phi) is 4.10. The second-order valence-corrected chi connectivity index (χ2v) is 12.5. The minimum atomic E-state index is -1.20. The molecular formula is C27H34O7. The van der Waals surface area contributed by atoms with Crippen LogP contribution in [0, 0.1) is 46.8 Å². The number of cyclic esters (lactones) is 1. The predicted octanol–water partition coefficient (Wildman–Crippen LogP) is 2.15. The molecule has 0 spiro atoms. The highest BCUT2D eigenvalue weighted by molar-refractivity contribution is 5.99. The van der Waals surface area contributed by atoms with E-state index in [0.29, 0.717) is 12.8 Å². The van der Waals surface area contributed by atoms with Gasteiger partial charge in [-0.25, -0.2) is 0 Å². The van der Waals surface area contributed by atoms with Gasteiger partial charge in [-0.1, -0.05) is 26.0 Å². The number of esters is 1. The lowest BCUT2D eigenvalue weighted by molar-refractivity contribution is -0.363. The first-order chi connectivity index (χ1) is 16.0. The summed E-state index contributed by atoms with van der Waals surface area (Å²) in [6, 6.07) is 0. The molecule has 14 atom stereocenters. The van der Waals surface area contributed by atoms with Crippen LogP contribution in [0.3, 0.4) is 0 Å². The van der Waals surface area contributed by atoms with Gasteiger partial charge >= 0.3 is 5.97 Å². The van der Waals surface area contributed by atoms with E-state index in [4.69, 9.17) is 14.2 Å². The normalized spacial score (nSPS) is 61.1. The zero-order valence-corrected chi connectivity index (χ0v) is 20.1. The van der Waals surface area contributed by atoms with E-state index in [1.54, 1.807) is 12.2 Å². The zero-order chi connectivity index (χ0) is 23.9. The first kappa shape index (κ1) is 21.7. The number of rotatable bonds is 1. The van der Waals surface area contributed by atoms with Crippen molar-refractivity contribution in [3.8, 4) is 0 Å². The minimum Gasteiger partial charge on any atom is -0.459 e. The topological polar surface area (TPSA) is 102 Å². The van der Waals surface area contributed by atoms with Crippen molar-refractivity contribution in [2.75, 3.05) is 0 Å². The van der Waals surface area contributed by atoms with Crippen LogP contribution in [-0.2, 0) is 23.8 Å². The molecule has 1 unspecified atom stereocenters. The van der Waals surface area contributed by atoms with E-state index >= 15 is 0 Å². The fraction of sp³-hybridized carbons (Fsp3) is 0.778. The number of carbonyl (C=O) groups is 2. The number of ether oxygens (including phenoxy) is 3. The molecular weight excluding hydrogens is 436 g/mol. The summed E-state index contributed by atoms with van der Waals surface area (Å²) in [5.74, 6) is -1.20. The van der Waals surface area contributed by atoms with Crippen LogP contribution in [0.2, 0.25) is 0 Å². The van der Waals surface area contributed by atoms with Gasteiger partial charge in [0.25, 0.3) is 0 Å². The van der Waals surface area contributed by atoms with Crippen molar-refractivity contribution in [3.63, 3.8) is 0 Å². The number of aliphatic hydroxyl groups excluding tert-OH is 1. The van der Waals surface area contributed by atoms with E-state index in [9.17, 15) is 19.8 Å². The van der Waals surface area contributed by atoms with E-state index < -0.39 is 35.1 Å². The third-order valence-corrected chi connectivity index (χ3v) is 11.2. The molecule has 7 rings (SSSR count). The summed E-state index contributed by atoms with van der Waals surface area (Å²) in [5, 5.41) is 23.0. The average Bonchev–Trinajstić information content (AvgIpc) is 3.38. The molecule has 0 aromatic heterocycles. The van der Waals surface area contributed by atoms with E-state index in [1.165, 1.54) is 0 Å². The molecule has 0 amide bonds. The molecule has 2 N–H and O–H groups in total. The Bertz CT molecular complexity index is 1050. The van der Waals surface area contributed by atoms with Gasteiger partial charge in [0.1, 0.15) is 12.2 Å². The van der Waals surface area contributed by atoms with Crippen LogP contribution >= 0.6 is 0 Å². The summed E-state index contributed by atoms with van der Waals surface area (Å²) in [6.07, 6.45) is 5.26. The molecule has 7 heteroatoms. The Labute approximate surface area is 199 Å². The minimum absolute atomic E-state index is 0.00500. The van der Waals surface area contributed by atoms with E-state index in [1.807, 2.05) is 33.8 Å².